The van der Waals surface area contributed by atoms with Gasteiger partial charge in [0.25, 0.3) is 5.91 Å². The smallest absolute Gasteiger partial charge is 0.252 e. The summed E-state index contributed by atoms with van der Waals surface area (Å²) in [6.07, 6.45) is 0.121. The topological polar surface area (TPSA) is 70.7 Å². The summed E-state index contributed by atoms with van der Waals surface area (Å²) in [5.41, 5.74) is 1.11. The van der Waals surface area contributed by atoms with Gasteiger partial charge in [0.05, 0.1) is 10.6 Å². The lowest BCUT2D eigenvalue weighted by Crippen LogP contribution is -2.30. The Morgan fingerprint density at radius 1 is 1.10 bits per heavy atom. The molecule has 2 amide bonds. The molecular weight excluding hydrogens is 397 g/mol. The van der Waals surface area contributed by atoms with Gasteiger partial charge < -0.3 is 20.3 Å². The van der Waals surface area contributed by atoms with Crippen molar-refractivity contribution in [3.05, 3.63) is 64.4 Å². The molecule has 0 unspecified atom stereocenters. The van der Waals surface area contributed by atoms with E-state index < -0.39 is 11.7 Å². The largest absolute Gasteiger partial charge is 0.492 e. The van der Waals surface area contributed by atoms with E-state index in [0.717, 1.165) is 30.0 Å². The highest BCUT2D eigenvalue weighted by Crippen LogP contribution is 2.17. The van der Waals surface area contributed by atoms with Crippen LogP contribution in [0.25, 0.3) is 0 Å². The lowest BCUT2D eigenvalue weighted by Gasteiger charge is -2.11. The standard InChI is InChI=1S/C21H25ClFN3O3/c1-26(2)11-12-29-17-6-3-15(4-7-17)14-25-20(27)9-10-24-21(28)18-8-5-16(23)13-19(18)22/h3-8,13H,9-12,14H2,1-2H3,(H,24,28)(H,25,27). The van der Waals surface area contributed by atoms with E-state index in [0.29, 0.717) is 13.2 Å². The van der Waals surface area contributed by atoms with E-state index in [1.165, 1.54) is 6.07 Å². The Morgan fingerprint density at radius 2 is 1.83 bits per heavy atom. The average molecular weight is 422 g/mol. The zero-order valence-electron chi connectivity index (χ0n) is 16.5. The van der Waals surface area contributed by atoms with Gasteiger partial charge in [-0.25, -0.2) is 4.39 Å². The van der Waals surface area contributed by atoms with Gasteiger partial charge in [0.2, 0.25) is 5.91 Å². The van der Waals surface area contributed by atoms with Crippen molar-refractivity contribution < 1.29 is 18.7 Å². The van der Waals surface area contributed by atoms with Crippen LogP contribution in [0.2, 0.25) is 5.02 Å². The molecular formula is C21H25ClFN3O3. The molecule has 0 bridgehead atoms. The molecule has 6 nitrogen and oxygen atoms in total. The number of rotatable bonds is 10. The normalized spacial score (nSPS) is 10.7. The van der Waals surface area contributed by atoms with Gasteiger partial charge in [-0.05, 0) is 50.0 Å². The maximum atomic E-state index is 13.0. The second kappa shape index (κ2) is 11.4. The summed E-state index contributed by atoms with van der Waals surface area (Å²) in [6.45, 7) is 1.98. The van der Waals surface area contributed by atoms with Crippen molar-refractivity contribution in [3.8, 4) is 5.75 Å². The minimum atomic E-state index is -0.515. The third kappa shape index (κ3) is 8.09. The van der Waals surface area contributed by atoms with Crippen LogP contribution in [0, 0.1) is 5.82 Å². The van der Waals surface area contributed by atoms with Gasteiger partial charge in [0, 0.05) is 26.1 Å². The fraction of sp³-hybridized carbons (Fsp3) is 0.333. The van der Waals surface area contributed by atoms with Crippen LogP contribution >= 0.6 is 11.6 Å². The van der Waals surface area contributed by atoms with Gasteiger partial charge in [0.15, 0.2) is 0 Å². The molecule has 0 heterocycles. The third-order valence-corrected chi connectivity index (χ3v) is 4.35. The Labute approximate surface area is 175 Å². The number of nitrogens with one attached hydrogen (secondary N) is 2. The van der Waals surface area contributed by atoms with Gasteiger partial charge >= 0.3 is 0 Å². The molecule has 0 aliphatic rings. The summed E-state index contributed by atoms with van der Waals surface area (Å²) in [7, 11) is 3.97. The second-order valence-corrected chi connectivity index (χ2v) is 7.11. The Balaban J connectivity index is 1.68. The minimum Gasteiger partial charge on any atom is -0.492 e. The highest BCUT2D eigenvalue weighted by Gasteiger charge is 2.11. The van der Waals surface area contributed by atoms with Crippen molar-refractivity contribution in [1.82, 2.24) is 15.5 Å². The van der Waals surface area contributed by atoms with Gasteiger partial charge in [-0.2, -0.15) is 0 Å². The van der Waals surface area contributed by atoms with E-state index in [2.05, 4.69) is 10.6 Å². The predicted molar refractivity (Wildman–Crippen MR) is 111 cm³/mol. The third-order valence-electron chi connectivity index (χ3n) is 4.03. The number of hydrogen-bond acceptors (Lipinski definition) is 4. The molecule has 0 aliphatic heterocycles. The molecule has 0 aliphatic carbocycles. The van der Waals surface area contributed by atoms with Crippen LogP contribution in [0.1, 0.15) is 22.3 Å². The Kier molecular flexibility index (Phi) is 8.89. The molecule has 0 spiro atoms. The Bertz CT molecular complexity index is 828. The molecule has 0 radical (unpaired) electrons. The Morgan fingerprint density at radius 3 is 2.48 bits per heavy atom. The predicted octanol–water partition coefficient (Wildman–Crippen LogP) is 2.86. The molecule has 0 saturated heterocycles. The molecule has 0 aromatic heterocycles. The van der Waals surface area contributed by atoms with Crippen molar-refractivity contribution in [3.63, 3.8) is 0 Å². The summed E-state index contributed by atoms with van der Waals surface area (Å²) >= 11 is 5.85. The summed E-state index contributed by atoms with van der Waals surface area (Å²) in [5.74, 6) is -0.377. The molecule has 29 heavy (non-hydrogen) atoms. The van der Waals surface area contributed by atoms with Crippen molar-refractivity contribution in [1.29, 1.82) is 0 Å². The molecule has 2 aromatic rings. The summed E-state index contributed by atoms with van der Waals surface area (Å²) in [6, 6.07) is 11.1. The first kappa shape index (κ1) is 22.6. The monoisotopic (exact) mass is 421 g/mol. The molecule has 2 aromatic carbocycles. The van der Waals surface area contributed by atoms with Crippen LogP contribution in [0.4, 0.5) is 4.39 Å². The molecule has 0 saturated carbocycles. The van der Waals surface area contributed by atoms with E-state index in [4.69, 9.17) is 16.3 Å². The SMILES string of the molecule is CN(C)CCOc1ccc(CNC(=O)CCNC(=O)c2ccc(F)cc2Cl)cc1. The van der Waals surface area contributed by atoms with Crippen LogP contribution in [-0.4, -0.2) is 50.5 Å². The van der Waals surface area contributed by atoms with Gasteiger partial charge in [-0.3, -0.25) is 9.59 Å². The number of halogens is 2. The zero-order valence-corrected chi connectivity index (χ0v) is 17.3. The van der Waals surface area contributed by atoms with Crippen molar-refractivity contribution in [2.24, 2.45) is 0 Å². The summed E-state index contributed by atoms with van der Waals surface area (Å²) < 4.78 is 18.6. The molecule has 2 N–H and O–H groups in total. The molecule has 156 valence electrons. The number of carbonyl (C=O) groups excluding carboxylic acids is 2. The minimum absolute atomic E-state index is 0.0288. The average Bonchev–Trinajstić information content (AvgIpc) is 2.67. The molecule has 0 fully saturated rings. The van der Waals surface area contributed by atoms with Gasteiger partial charge in [0.1, 0.15) is 18.2 Å². The summed E-state index contributed by atoms with van der Waals surface area (Å²) in [5, 5.41) is 5.42. The second-order valence-electron chi connectivity index (χ2n) is 6.70. The number of carbonyl (C=O) groups is 2. The van der Waals surface area contributed by atoms with Crippen molar-refractivity contribution >= 4 is 23.4 Å². The fourth-order valence-corrected chi connectivity index (χ4v) is 2.65. The van der Waals surface area contributed by atoms with Crippen LogP contribution in [-0.2, 0) is 11.3 Å². The van der Waals surface area contributed by atoms with Crippen molar-refractivity contribution in [2.45, 2.75) is 13.0 Å². The van der Waals surface area contributed by atoms with Gasteiger partial charge in [-0.1, -0.05) is 23.7 Å². The Hall–Kier alpha value is -2.64. The van der Waals surface area contributed by atoms with Crippen LogP contribution in [0.15, 0.2) is 42.5 Å². The lowest BCUT2D eigenvalue weighted by atomic mass is 10.2. The quantitative estimate of drug-likeness (QED) is 0.619. The number of benzene rings is 2. The molecule has 8 heteroatoms. The zero-order chi connectivity index (χ0) is 21.2. The van der Waals surface area contributed by atoms with Gasteiger partial charge in [-0.15, -0.1) is 0 Å². The van der Waals surface area contributed by atoms with E-state index >= 15 is 0 Å². The number of ether oxygens (including phenoxy) is 1. The van der Waals surface area contributed by atoms with E-state index in [1.54, 1.807) is 0 Å². The van der Waals surface area contributed by atoms with Crippen LogP contribution < -0.4 is 15.4 Å². The highest BCUT2D eigenvalue weighted by molar-refractivity contribution is 6.33. The number of hydrogen-bond donors (Lipinski definition) is 2. The van der Waals surface area contributed by atoms with E-state index in [9.17, 15) is 14.0 Å². The van der Waals surface area contributed by atoms with Crippen LogP contribution in [0.3, 0.4) is 0 Å². The van der Waals surface area contributed by atoms with Crippen molar-refractivity contribution in [2.75, 3.05) is 33.8 Å². The first-order valence-electron chi connectivity index (χ1n) is 9.21. The first-order chi connectivity index (χ1) is 13.8. The lowest BCUT2D eigenvalue weighted by molar-refractivity contribution is -0.121. The summed E-state index contributed by atoms with van der Waals surface area (Å²) in [4.78, 5) is 26.0. The number of likely N-dealkylation sites (N-methyl/N-ethyl adjacent to an activating group) is 1. The molecule has 0 atom stereocenters. The fourth-order valence-electron chi connectivity index (χ4n) is 2.40. The first-order valence-corrected chi connectivity index (χ1v) is 9.59. The van der Waals surface area contributed by atoms with Crippen LogP contribution in [0.5, 0.6) is 5.75 Å². The maximum absolute atomic E-state index is 13.0. The molecule has 2 rings (SSSR count). The number of amides is 2. The maximum Gasteiger partial charge on any atom is 0.252 e. The number of nitrogens with zero attached hydrogens (tertiary/aromatic N) is 1. The van der Waals surface area contributed by atoms with E-state index in [-0.39, 0.29) is 29.5 Å². The highest BCUT2D eigenvalue weighted by atomic mass is 35.5. The van der Waals surface area contributed by atoms with E-state index in [1.807, 2.05) is 43.3 Å².